The Morgan fingerprint density at radius 2 is 1.53 bits per heavy atom. The van der Waals surface area contributed by atoms with E-state index < -0.39 is 0 Å². The maximum absolute atomic E-state index is 6.24. The van der Waals surface area contributed by atoms with E-state index >= 15 is 0 Å². The van der Waals surface area contributed by atoms with Crippen molar-refractivity contribution in [2.75, 3.05) is 18.0 Å². The molecule has 1 unspecified atom stereocenters. The molecule has 0 spiro atoms. The second-order valence-electron chi connectivity index (χ2n) is 11.0. The molecule has 0 amide bonds. The molecule has 0 fully saturated rings. The van der Waals surface area contributed by atoms with Crippen LogP contribution in [-0.2, 0) is 17.3 Å². The topological polar surface area (TPSA) is 6.25 Å². The number of rotatable bonds is 7. The molecular formula is C33H38ClN2+. The highest BCUT2D eigenvalue weighted by Gasteiger charge is 2.48. The van der Waals surface area contributed by atoms with Crippen LogP contribution in [0.2, 0.25) is 5.02 Å². The molecule has 2 nitrogen and oxygen atoms in total. The van der Waals surface area contributed by atoms with Crippen molar-refractivity contribution in [2.24, 2.45) is 0 Å². The Morgan fingerprint density at radius 3 is 2.22 bits per heavy atom. The summed E-state index contributed by atoms with van der Waals surface area (Å²) in [7, 11) is 0. The largest absolute Gasteiger partial charge is 0.344 e. The first-order chi connectivity index (χ1) is 17.3. The molecule has 0 saturated heterocycles. The first-order valence-electron chi connectivity index (χ1n) is 13.4. The second-order valence-corrected chi connectivity index (χ2v) is 11.4. The first kappa shape index (κ1) is 24.8. The van der Waals surface area contributed by atoms with Gasteiger partial charge in [-0.3, -0.25) is 0 Å². The minimum Gasteiger partial charge on any atom is -0.344 e. The third kappa shape index (κ3) is 4.00. The Balaban J connectivity index is 1.71. The summed E-state index contributed by atoms with van der Waals surface area (Å²) in [4.78, 5) is 2.54. The van der Waals surface area contributed by atoms with Crippen LogP contribution in [0, 0.1) is 0 Å². The second kappa shape index (κ2) is 9.56. The molecule has 0 aliphatic carbocycles. The number of benzene rings is 3. The third-order valence-corrected chi connectivity index (χ3v) is 8.49. The van der Waals surface area contributed by atoms with Gasteiger partial charge < -0.3 is 4.90 Å². The van der Waals surface area contributed by atoms with Gasteiger partial charge in [0.1, 0.15) is 6.54 Å². The van der Waals surface area contributed by atoms with Gasteiger partial charge in [0.05, 0.1) is 5.41 Å². The molecule has 1 atom stereocenters. The number of unbranched alkanes of at least 4 members (excludes halogenated alkanes) is 1. The summed E-state index contributed by atoms with van der Waals surface area (Å²) >= 11 is 6.24. The van der Waals surface area contributed by atoms with Crippen molar-refractivity contribution in [1.82, 2.24) is 0 Å². The Labute approximate surface area is 221 Å². The SMILES string of the molecule is CCCC[N+]1=C(C=C2N(CC)c3ccccc3C2(C)Cc2ccc(Cl)cc2)C(C)(C)c2ccccc21. The van der Waals surface area contributed by atoms with Gasteiger partial charge in [0.15, 0.2) is 5.71 Å². The zero-order chi connectivity index (χ0) is 25.5. The van der Waals surface area contributed by atoms with Crippen LogP contribution in [0.1, 0.15) is 64.2 Å². The van der Waals surface area contributed by atoms with Gasteiger partial charge in [-0.05, 0) is 63.4 Å². The molecule has 3 aromatic rings. The van der Waals surface area contributed by atoms with Crippen molar-refractivity contribution >= 4 is 28.7 Å². The molecule has 0 radical (unpaired) electrons. The Bertz CT molecular complexity index is 1330. The van der Waals surface area contributed by atoms with Crippen LogP contribution < -0.4 is 4.90 Å². The zero-order valence-electron chi connectivity index (χ0n) is 22.3. The lowest BCUT2D eigenvalue weighted by Crippen LogP contribution is -2.35. The number of hydrogen-bond donors (Lipinski definition) is 0. The maximum atomic E-state index is 6.24. The van der Waals surface area contributed by atoms with E-state index in [2.05, 4.69) is 111 Å². The third-order valence-electron chi connectivity index (χ3n) is 8.24. The van der Waals surface area contributed by atoms with Gasteiger partial charge in [-0.25, -0.2) is 0 Å². The summed E-state index contributed by atoms with van der Waals surface area (Å²) < 4.78 is 2.59. The van der Waals surface area contributed by atoms with Crippen molar-refractivity contribution in [3.63, 3.8) is 0 Å². The van der Waals surface area contributed by atoms with Gasteiger partial charge in [0.2, 0.25) is 5.69 Å². The van der Waals surface area contributed by atoms with E-state index in [1.807, 2.05) is 12.1 Å². The molecule has 0 saturated carbocycles. The van der Waals surface area contributed by atoms with Gasteiger partial charge in [0.25, 0.3) is 0 Å². The fourth-order valence-corrected chi connectivity index (χ4v) is 6.43. The molecule has 2 heterocycles. The molecular weight excluding hydrogens is 460 g/mol. The van der Waals surface area contributed by atoms with Crippen molar-refractivity contribution < 1.29 is 4.58 Å². The quantitative estimate of drug-likeness (QED) is 0.297. The van der Waals surface area contributed by atoms with Crippen LogP contribution in [0.3, 0.4) is 0 Å². The number of nitrogens with zero attached hydrogens (tertiary/aromatic N) is 2. The average molecular weight is 498 g/mol. The van der Waals surface area contributed by atoms with Crippen LogP contribution in [0.4, 0.5) is 11.4 Å². The fourth-order valence-electron chi connectivity index (χ4n) is 6.30. The first-order valence-corrected chi connectivity index (χ1v) is 13.8. The lowest BCUT2D eigenvalue weighted by molar-refractivity contribution is -0.438. The maximum Gasteiger partial charge on any atom is 0.209 e. The van der Waals surface area contributed by atoms with Crippen molar-refractivity contribution in [2.45, 2.75) is 64.7 Å². The minimum atomic E-state index is -0.144. The highest BCUT2D eigenvalue weighted by atomic mass is 35.5. The number of hydrogen-bond acceptors (Lipinski definition) is 1. The van der Waals surface area contributed by atoms with Crippen molar-refractivity contribution in [1.29, 1.82) is 0 Å². The number of likely N-dealkylation sites (N-methyl/N-ethyl adjacent to an activating group) is 1. The van der Waals surface area contributed by atoms with E-state index in [0.29, 0.717) is 0 Å². The van der Waals surface area contributed by atoms with Gasteiger partial charge in [0, 0.05) is 52.5 Å². The van der Waals surface area contributed by atoms with Crippen molar-refractivity contribution in [3.8, 4) is 0 Å². The van der Waals surface area contributed by atoms with E-state index in [1.165, 1.54) is 52.3 Å². The zero-order valence-corrected chi connectivity index (χ0v) is 23.1. The molecule has 2 aliphatic heterocycles. The molecule has 0 N–H and O–H groups in total. The van der Waals surface area contributed by atoms with Crippen molar-refractivity contribution in [3.05, 3.63) is 106 Å². The van der Waals surface area contributed by atoms with Gasteiger partial charge in [-0.15, -0.1) is 0 Å². The van der Waals surface area contributed by atoms with E-state index in [-0.39, 0.29) is 10.8 Å². The summed E-state index contributed by atoms with van der Waals surface area (Å²) in [6.45, 7) is 13.7. The lowest BCUT2D eigenvalue weighted by Gasteiger charge is -2.31. The fraction of sp³-hybridized carbons (Fsp3) is 0.364. The number of fused-ring (bicyclic) bond motifs is 2. The van der Waals surface area contributed by atoms with E-state index in [9.17, 15) is 0 Å². The van der Waals surface area contributed by atoms with Crippen LogP contribution in [0.5, 0.6) is 0 Å². The van der Waals surface area contributed by atoms with Crippen LogP contribution in [0.15, 0.2) is 84.6 Å². The summed E-state index contributed by atoms with van der Waals surface area (Å²) in [5, 5.41) is 0.786. The number of para-hydroxylation sites is 2. The summed E-state index contributed by atoms with van der Waals surface area (Å²) in [6.07, 6.45) is 5.83. The monoisotopic (exact) mass is 497 g/mol. The van der Waals surface area contributed by atoms with Crippen LogP contribution >= 0.6 is 11.6 Å². The molecule has 2 aliphatic rings. The molecule has 186 valence electrons. The van der Waals surface area contributed by atoms with Crippen LogP contribution in [-0.4, -0.2) is 23.4 Å². The molecule has 0 aromatic heterocycles. The molecule has 36 heavy (non-hydrogen) atoms. The van der Waals surface area contributed by atoms with Gasteiger partial charge in [-0.2, -0.15) is 4.58 Å². The van der Waals surface area contributed by atoms with E-state index in [1.54, 1.807) is 0 Å². The molecule has 5 rings (SSSR count). The molecule has 3 aromatic carbocycles. The number of allylic oxidation sites excluding steroid dienone is 2. The summed E-state index contributed by atoms with van der Waals surface area (Å²) in [5.41, 5.74) is 9.41. The predicted molar refractivity (Wildman–Crippen MR) is 154 cm³/mol. The lowest BCUT2D eigenvalue weighted by atomic mass is 9.74. The average Bonchev–Trinajstić information content (AvgIpc) is 3.24. The number of anilines is 1. The standard InChI is InChI=1S/C33H38ClN2/c1-6-8-21-36-28-15-11-9-13-26(28)32(3,4)30(36)22-31-33(5,23-24-17-19-25(34)20-18-24)27-14-10-12-16-29(27)35(31)7-2/h9-20,22H,6-8,21,23H2,1-5H3/q+1. The highest BCUT2D eigenvalue weighted by molar-refractivity contribution is 6.30. The van der Waals surface area contributed by atoms with Gasteiger partial charge in [-0.1, -0.05) is 73.5 Å². The van der Waals surface area contributed by atoms with E-state index in [4.69, 9.17) is 11.6 Å². The predicted octanol–water partition coefficient (Wildman–Crippen LogP) is 8.44. The minimum absolute atomic E-state index is 0.0628. The van der Waals surface area contributed by atoms with Crippen LogP contribution in [0.25, 0.3) is 0 Å². The Hall–Kier alpha value is -2.84. The smallest absolute Gasteiger partial charge is 0.209 e. The molecule has 0 bridgehead atoms. The Kier molecular flexibility index (Phi) is 6.59. The van der Waals surface area contributed by atoms with E-state index in [0.717, 1.165) is 24.5 Å². The Morgan fingerprint density at radius 1 is 0.861 bits per heavy atom. The summed E-state index contributed by atoms with van der Waals surface area (Å²) in [6, 6.07) is 26.3. The number of halogens is 1. The highest BCUT2D eigenvalue weighted by Crippen LogP contribution is 2.51. The molecule has 3 heteroatoms. The summed E-state index contributed by atoms with van der Waals surface area (Å²) in [5.74, 6) is 0. The normalized spacial score (nSPS) is 21.3. The van der Waals surface area contributed by atoms with Gasteiger partial charge >= 0.3 is 0 Å².